The van der Waals surface area contributed by atoms with E-state index < -0.39 is 0 Å². The van der Waals surface area contributed by atoms with Crippen LogP contribution in [-0.4, -0.2) is 21.2 Å². The lowest BCUT2D eigenvalue weighted by Crippen LogP contribution is -2.31. The van der Waals surface area contributed by atoms with Gasteiger partial charge in [0.15, 0.2) is 0 Å². The summed E-state index contributed by atoms with van der Waals surface area (Å²) < 4.78 is 0. The number of aryl methyl sites for hydroxylation is 2. The summed E-state index contributed by atoms with van der Waals surface area (Å²) in [5, 5.41) is 11.8. The molecule has 2 aliphatic carbocycles. The van der Waals surface area contributed by atoms with Crippen LogP contribution >= 0.6 is 0 Å². The van der Waals surface area contributed by atoms with E-state index in [2.05, 4.69) is 20.5 Å². The summed E-state index contributed by atoms with van der Waals surface area (Å²) in [6, 6.07) is 0.549. The summed E-state index contributed by atoms with van der Waals surface area (Å²) in [6.45, 7) is 3.94. The molecular formula is C14H22N4. The number of anilines is 1. The molecule has 4 nitrogen and oxygen atoms in total. The Hall–Kier alpha value is -1.19. The first-order valence-electron chi connectivity index (χ1n) is 7.17. The Morgan fingerprint density at radius 3 is 2.61 bits per heavy atom. The van der Waals surface area contributed by atoms with E-state index in [1.807, 2.05) is 13.8 Å². The maximum Gasteiger partial charge on any atom is 0.243 e. The van der Waals surface area contributed by atoms with Crippen LogP contribution in [0.1, 0.15) is 49.9 Å². The largest absolute Gasteiger partial charge is 0.350 e. The van der Waals surface area contributed by atoms with Gasteiger partial charge in [0.1, 0.15) is 0 Å². The zero-order valence-corrected chi connectivity index (χ0v) is 11.3. The minimum absolute atomic E-state index is 0.549. The highest BCUT2D eigenvalue weighted by Crippen LogP contribution is 2.42. The quantitative estimate of drug-likeness (QED) is 0.871. The van der Waals surface area contributed by atoms with Gasteiger partial charge in [-0.05, 0) is 44.9 Å². The van der Waals surface area contributed by atoms with Crippen molar-refractivity contribution in [2.45, 2.75) is 58.4 Å². The van der Waals surface area contributed by atoms with Crippen LogP contribution < -0.4 is 5.32 Å². The average molecular weight is 246 g/mol. The van der Waals surface area contributed by atoms with E-state index in [1.54, 1.807) is 0 Å². The van der Waals surface area contributed by atoms with Crippen LogP contribution in [0.25, 0.3) is 0 Å². The van der Waals surface area contributed by atoms with Crippen molar-refractivity contribution in [3.8, 4) is 0 Å². The van der Waals surface area contributed by atoms with Gasteiger partial charge in [-0.1, -0.05) is 19.3 Å². The molecule has 0 aliphatic heterocycles. The van der Waals surface area contributed by atoms with E-state index in [-0.39, 0.29) is 0 Å². The summed E-state index contributed by atoms with van der Waals surface area (Å²) in [6.07, 6.45) is 8.25. The van der Waals surface area contributed by atoms with Crippen LogP contribution in [0.5, 0.6) is 0 Å². The van der Waals surface area contributed by atoms with Gasteiger partial charge in [0, 0.05) is 6.04 Å². The summed E-state index contributed by atoms with van der Waals surface area (Å²) in [7, 11) is 0. The van der Waals surface area contributed by atoms with Gasteiger partial charge in [0.25, 0.3) is 0 Å². The lowest BCUT2D eigenvalue weighted by Gasteiger charge is -2.32. The topological polar surface area (TPSA) is 50.7 Å². The molecule has 98 valence electrons. The average Bonchev–Trinajstić information content (AvgIpc) is 2.81. The molecular weight excluding hydrogens is 224 g/mol. The van der Waals surface area contributed by atoms with Crippen LogP contribution in [0.15, 0.2) is 0 Å². The Morgan fingerprint density at radius 1 is 0.944 bits per heavy atom. The molecule has 0 aromatic carbocycles. The van der Waals surface area contributed by atoms with Crippen LogP contribution in [-0.2, 0) is 0 Å². The van der Waals surface area contributed by atoms with Gasteiger partial charge < -0.3 is 5.32 Å². The molecule has 2 fully saturated rings. The first-order chi connectivity index (χ1) is 8.72. The molecule has 1 aromatic heterocycles. The third-order valence-electron chi connectivity index (χ3n) is 4.71. The van der Waals surface area contributed by atoms with E-state index >= 15 is 0 Å². The zero-order chi connectivity index (χ0) is 12.5. The normalized spacial score (nSPS) is 31.1. The van der Waals surface area contributed by atoms with Gasteiger partial charge in [-0.2, -0.15) is 5.10 Å². The number of nitrogens with zero attached hydrogens (tertiary/aromatic N) is 3. The second kappa shape index (κ2) is 4.82. The van der Waals surface area contributed by atoms with Crippen LogP contribution in [0.3, 0.4) is 0 Å². The highest BCUT2D eigenvalue weighted by atomic mass is 15.2. The molecule has 0 bridgehead atoms. The van der Waals surface area contributed by atoms with Crippen molar-refractivity contribution in [2.24, 2.45) is 11.8 Å². The molecule has 0 radical (unpaired) electrons. The SMILES string of the molecule is Cc1nnc(NC2CCC3CCCC3C2)nc1C. The highest BCUT2D eigenvalue weighted by molar-refractivity contribution is 5.26. The zero-order valence-electron chi connectivity index (χ0n) is 11.3. The summed E-state index contributed by atoms with van der Waals surface area (Å²) in [4.78, 5) is 4.47. The summed E-state index contributed by atoms with van der Waals surface area (Å²) in [5.74, 6) is 2.65. The molecule has 3 atom stereocenters. The van der Waals surface area contributed by atoms with Gasteiger partial charge in [-0.25, -0.2) is 4.98 Å². The molecule has 0 spiro atoms. The predicted octanol–water partition coefficient (Wildman–Crippen LogP) is 2.87. The number of hydrogen-bond acceptors (Lipinski definition) is 4. The highest BCUT2D eigenvalue weighted by Gasteiger charge is 2.33. The fourth-order valence-electron chi connectivity index (χ4n) is 3.53. The van der Waals surface area contributed by atoms with Crippen molar-refractivity contribution < 1.29 is 0 Å². The Bertz CT molecular complexity index is 432. The van der Waals surface area contributed by atoms with Crippen molar-refractivity contribution in [3.05, 3.63) is 11.4 Å². The van der Waals surface area contributed by atoms with Crippen molar-refractivity contribution in [2.75, 3.05) is 5.32 Å². The Balaban J connectivity index is 1.64. The first-order valence-corrected chi connectivity index (χ1v) is 7.17. The van der Waals surface area contributed by atoms with Crippen molar-refractivity contribution in [3.63, 3.8) is 0 Å². The lowest BCUT2D eigenvalue weighted by atomic mass is 9.79. The predicted molar refractivity (Wildman–Crippen MR) is 71.4 cm³/mol. The van der Waals surface area contributed by atoms with E-state index in [1.165, 1.54) is 38.5 Å². The van der Waals surface area contributed by atoms with Gasteiger partial charge >= 0.3 is 0 Å². The monoisotopic (exact) mass is 246 g/mol. The van der Waals surface area contributed by atoms with Gasteiger partial charge in [-0.15, -0.1) is 5.10 Å². The third kappa shape index (κ3) is 2.33. The van der Waals surface area contributed by atoms with Crippen LogP contribution in [0.2, 0.25) is 0 Å². The van der Waals surface area contributed by atoms with Crippen LogP contribution in [0.4, 0.5) is 5.95 Å². The molecule has 1 N–H and O–H groups in total. The summed E-state index contributed by atoms with van der Waals surface area (Å²) >= 11 is 0. The second-order valence-electron chi connectivity index (χ2n) is 5.91. The molecule has 3 unspecified atom stereocenters. The molecule has 1 aromatic rings. The number of aromatic nitrogens is 3. The van der Waals surface area contributed by atoms with Gasteiger partial charge in [0.05, 0.1) is 11.4 Å². The fraction of sp³-hybridized carbons (Fsp3) is 0.786. The lowest BCUT2D eigenvalue weighted by molar-refractivity contribution is 0.260. The van der Waals surface area contributed by atoms with E-state index in [4.69, 9.17) is 0 Å². The van der Waals surface area contributed by atoms with E-state index in [0.29, 0.717) is 12.0 Å². The molecule has 2 saturated carbocycles. The Morgan fingerprint density at radius 2 is 1.78 bits per heavy atom. The smallest absolute Gasteiger partial charge is 0.243 e. The number of hydrogen-bond donors (Lipinski definition) is 1. The molecule has 0 saturated heterocycles. The minimum atomic E-state index is 0.549. The molecule has 3 rings (SSSR count). The standard InChI is InChI=1S/C14H22N4/c1-9-10(2)17-18-14(15-9)16-13-7-6-11-4-3-5-12(11)8-13/h11-13H,3-8H2,1-2H3,(H,15,16,18). The number of fused-ring (bicyclic) bond motifs is 1. The molecule has 4 heteroatoms. The van der Waals surface area contributed by atoms with E-state index in [9.17, 15) is 0 Å². The number of nitrogens with one attached hydrogen (secondary N) is 1. The van der Waals surface area contributed by atoms with E-state index in [0.717, 1.165) is 23.2 Å². The maximum atomic E-state index is 4.47. The third-order valence-corrected chi connectivity index (χ3v) is 4.71. The van der Waals surface area contributed by atoms with Crippen molar-refractivity contribution in [1.29, 1.82) is 0 Å². The van der Waals surface area contributed by atoms with Gasteiger partial charge in [0.2, 0.25) is 5.95 Å². The minimum Gasteiger partial charge on any atom is -0.350 e. The maximum absolute atomic E-state index is 4.47. The first kappa shape index (κ1) is 11.9. The van der Waals surface area contributed by atoms with Crippen molar-refractivity contribution >= 4 is 5.95 Å². The summed E-state index contributed by atoms with van der Waals surface area (Å²) in [5.41, 5.74) is 1.89. The molecule has 2 aliphatic rings. The number of rotatable bonds is 2. The Kier molecular flexibility index (Phi) is 3.18. The fourth-order valence-corrected chi connectivity index (χ4v) is 3.53. The second-order valence-corrected chi connectivity index (χ2v) is 5.91. The van der Waals surface area contributed by atoms with Crippen LogP contribution in [0, 0.1) is 25.7 Å². The van der Waals surface area contributed by atoms with Crippen molar-refractivity contribution in [1.82, 2.24) is 15.2 Å². The Labute approximate surface area is 109 Å². The van der Waals surface area contributed by atoms with Gasteiger partial charge in [-0.3, -0.25) is 0 Å². The molecule has 18 heavy (non-hydrogen) atoms. The molecule has 0 amide bonds. The molecule has 1 heterocycles.